The van der Waals surface area contributed by atoms with Crippen LogP contribution < -0.4 is 0 Å². The molecule has 0 N–H and O–H groups in total. The predicted octanol–water partition coefficient (Wildman–Crippen LogP) is 3.06. The van der Waals surface area contributed by atoms with Crippen molar-refractivity contribution in [3.63, 3.8) is 0 Å². The zero-order valence-corrected chi connectivity index (χ0v) is 12.7. The molecule has 2 amide bonds. The van der Waals surface area contributed by atoms with Crippen LogP contribution >= 0.6 is 0 Å². The van der Waals surface area contributed by atoms with Crippen LogP contribution in [0.3, 0.4) is 0 Å². The van der Waals surface area contributed by atoms with Gasteiger partial charge in [0.25, 0.3) is 0 Å². The number of unbranched alkanes of at least 4 members (excludes halogenated alkanes) is 1. The Morgan fingerprint density at radius 2 is 2.10 bits per heavy atom. The molecule has 1 atom stereocenters. The fraction of sp³-hybridized carbons (Fsp3) is 0.800. The fourth-order valence-electron chi connectivity index (χ4n) is 2.38. The Balaban J connectivity index is 2.78. The van der Waals surface area contributed by atoms with Crippen LogP contribution in [-0.4, -0.2) is 34.8 Å². The van der Waals surface area contributed by atoms with E-state index < -0.39 is 11.7 Å². The predicted molar refractivity (Wildman–Crippen MR) is 75.3 cm³/mol. The molecule has 0 saturated carbocycles. The van der Waals surface area contributed by atoms with Crippen LogP contribution in [0.1, 0.15) is 65.7 Å². The SMILES string of the molecule is CC(C)(C)OC(=O)N1C(=O)CCCCC1CCCC=O. The number of imide groups is 1. The lowest BCUT2D eigenvalue weighted by Crippen LogP contribution is -2.46. The van der Waals surface area contributed by atoms with Gasteiger partial charge in [0, 0.05) is 18.9 Å². The maximum absolute atomic E-state index is 12.2. The van der Waals surface area contributed by atoms with Crippen LogP contribution in [0.5, 0.6) is 0 Å². The summed E-state index contributed by atoms with van der Waals surface area (Å²) in [6.07, 6.45) is 5.07. The molecule has 1 rings (SSSR count). The summed E-state index contributed by atoms with van der Waals surface area (Å²) in [7, 11) is 0. The Hall–Kier alpha value is -1.39. The van der Waals surface area contributed by atoms with Crippen LogP contribution in [0.25, 0.3) is 0 Å². The Morgan fingerprint density at radius 3 is 2.70 bits per heavy atom. The number of carbonyl (C=O) groups excluding carboxylic acids is 3. The van der Waals surface area contributed by atoms with Gasteiger partial charge in [-0.25, -0.2) is 9.69 Å². The van der Waals surface area contributed by atoms with E-state index in [1.807, 2.05) is 0 Å². The third-order valence-electron chi connectivity index (χ3n) is 3.26. The van der Waals surface area contributed by atoms with Crippen LogP contribution in [-0.2, 0) is 14.3 Å². The molecule has 1 saturated heterocycles. The molecule has 20 heavy (non-hydrogen) atoms. The Kier molecular flexibility index (Phi) is 6.17. The number of amides is 2. The van der Waals surface area contributed by atoms with Gasteiger partial charge in [-0.2, -0.15) is 0 Å². The standard InChI is InChI=1S/C15H25NO4/c1-15(2,3)20-14(19)16-12(9-6-7-11-17)8-4-5-10-13(16)18/h11-12H,4-10H2,1-3H3. The molecule has 0 radical (unpaired) electrons. The average molecular weight is 283 g/mol. The molecular weight excluding hydrogens is 258 g/mol. The van der Waals surface area contributed by atoms with E-state index >= 15 is 0 Å². The molecule has 1 heterocycles. The Morgan fingerprint density at radius 1 is 1.40 bits per heavy atom. The Bertz CT molecular complexity index is 359. The zero-order valence-electron chi connectivity index (χ0n) is 12.7. The number of likely N-dealkylation sites (tertiary alicyclic amines) is 1. The third kappa shape index (κ3) is 5.31. The molecule has 1 fully saturated rings. The molecule has 0 spiro atoms. The largest absolute Gasteiger partial charge is 0.443 e. The minimum atomic E-state index is -0.614. The van der Waals surface area contributed by atoms with E-state index in [0.717, 1.165) is 25.5 Å². The number of carbonyl (C=O) groups is 3. The van der Waals surface area contributed by atoms with Crippen molar-refractivity contribution in [3.05, 3.63) is 0 Å². The maximum Gasteiger partial charge on any atom is 0.417 e. The van der Waals surface area contributed by atoms with Gasteiger partial charge in [0.1, 0.15) is 11.9 Å². The number of aldehydes is 1. The van der Waals surface area contributed by atoms with Crippen molar-refractivity contribution in [3.8, 4) is 0 Å². The molecule has 0 bridgehead atoms. The van der Waals surface area contributed by atoms with E-state index in [4.69, 9.17) is 4.74 Å². The first-order valence-electron chi connectivity index (χ1n) is 7.34. The summed E-state index contributed by atoms with van der Waals surface area (Å²) in [4.78, 5) is 36.1. The summed E-state index contributed by atoms with van der Waals surface area (Å²) in [5.74, 6) is -0.159. The first kappa shape index (κ1) is 16.7. The lowest BCUT2D eigenvalue weighted by atomic mass is 10.0. The minimum Gasteiger partial charge on any atom is -0.443 e. The molecule has 114 valence electrons. The highest BCUT2D eigenvalue weighted by molar-refractivity contribution is 5.92. The van der Waals surface area contributed by atoms with E-state index in [-0.39, 0.29) is 11.9 Å². The van der Waals surface area contributed by atoms with Crippen LogP contribution in [0.15, 0.2) is 0 Å². The van der Waals surface area contributed by atoms with E-state index in [1.165, 1.54) is 4.90 Å². The molecular formula is C15H25NO4. The quantitative estimate of drug-likeness (QED) is 0.587. The van der Waals surface area contributed by atoms with Gasteiger partial charge < -0.3 is 9.53 Å². The van der Waals surface area contributed by atoms with Crippen LogP contribution in [0.2, 0.25) is 0 Å². The Labute approximate surface area is 120 Å². The third-order valence-corrected chi connectivity index (χ3v) is 3.26. The van der Waals surface area contributed by atoms with Crippen LogP contribution in [0, 0.1) is 0 Å². The molecule has 5 heteroatoms. The fourth-order valence-corrected chi connectivity index (χ4v) is 2.38. The smallest absolute Gasteiger partial charge is 0.417 e. The van der Waals surface area contributed by atoms with Gasteiger partial charge >= 0.3 is 6.09 Å². The second-order valence-corrected chi connectivity index (χ2v) is 6.24. The maximum atomic E-state index is 12.2. The molecule has 1 aliphatic rings. The monoisotopic (exact) mass is 283 g/mol. The van der Waals surface area contributed by atoms with Crippen molar-refractivity contribution in [2.45, 2.75) is 77.4 Å². The van der Waals surface area contributed by atoms with Gasteiger partial charge in [0.15, 0.2) is 0 Å². The normalized spacial score (nSPS) is 20.4. The molecule has 0 aromatic carbocycles. The summed E-state index contributed by atoms with van der Waals surface area (Å²) in [5.41, 5.74) is -0.614. The van der Waals surface area contributed by atoms with Crippen molar-refractivity contribution in [1.82, 2.24) is 4.90 Å². The van der Waals surface area contributed by atoms with E-state index in [2.05, 4.69) is 0 Å². The molecule has 1 aliphatic heterocycles. The van der Waals surface area contributed by atoms with Gasteiger partial charge in [-0.1, -0.05) is 6.42 Å². The van der Waals surface area contributed by atoms with Crippen molar-refractivity contribution < 1.29 is 19.1 Å². The second-order valence-electron chi connectivity index (χ2n) is 6.24. The number of ether oxygens (including phenoxy) is 1. The second kappa shape index (κ2) is 7.41. The van der Waals surface area contributed by atoms with Gasteiger partial charge in [-0.3, -0.25) is 4.79 Å². The van der Waals surface area contributed by atoms with Crippen molar-refractivity contribution >= 4 is 18.3 Å². The van der Waals surface area contributed by atoms with Crippen molar-refractivity contribution in [2.24, 2.45) is 0 Å². The van der Waals surface area contributed by atoms with Gasteiger partial charge in [0.05, 0.1) is 0 Å². The number of nitrogens with zero attached hydrogens (tertiary/aromatic N) is 1. The molecule has 5 nitrogen and oxygen atoms in total. The number of hydrogen-bond acceptors (Lipinski definition) is 4. The van der Waals surface area contributed by atoms with E-state index in [0.29, 0.717) is 25.7 Å². The lowest BCUT2D eigenvalue weighted by molar-refractivity contribution is -0.132. The minimum absolute atomic E-state index is 0.139. The summed E-state index contributed by atoms with van der Waals surface area (Å²) in [6.45, 7) is 5.36. The first-order valence-corrected chi connectivity index (χ1v) is 7.34. The molecule has 0 aromatic rings. The summed E-state index contributed by atoms with van der Waals surface area (Å²) >= 11 is 0. The van der Waals surface area contributed by atoms with Gasteiger partial charge in [-0.15, -0.1) is 0 Å². The summed E-state index contributed by atoms with van der Waals surface area (Å²) in [6, 6.07) is -0.139. The van der Waals surface area contributed by atoms with E-state index in [9.17, 15) is 14.4 Å². The van der Waals surface area contributed by atoms with Crippen molar-refractivity contribution in [1.29, 1.82) is 0 Å². The van der Waals surface area contributed by atoms with Gasteiger partial charge in [0.2, 0.25) is 5.91 Å². The summed E-state index contributed by atoms with van der Waals surface area (Å²) < 4.78 is 5.34. The molecule has 0 aliphatic carbocycles. The highest BCUT2D eigenvalue weighted by Gasteiger charge is 2.34. The van der Waals surface area contributed by atoms with Crippen LogP contribution in [0.4, 0.5) is 4.79 Å². The first-order chi connectivity index (χ1) is 9.35. The number of hydrogen-bond donors (Lipinski definition) is 0. The molecule has 1 unspecified atom stereocenters. The highest BCUT2D eigenvalue weighted by Crippen LogP contribution is 2.24. The van der Waals surface area contributed by atoms with Crippen molar-refractivity contribution in [2.75, 3.05) is 0 Å². The number of rotatable bonds is 4. The topological polar surface area (TPSA) is 63.7 Å². The lowest BCUT2D eigenvalue weighted by Gasteiger charge is -2.30. The zero-order chi connectivity index (χ0) is 15.2. The molecule has 0 aromatic heterocycles. The average Bonchev–Trinajstić information content (AvgIpc) is 2.49. The van der Waals surface area contributed by atoms with Gasteiger partial charge in [-0.05, 0) is 46.5 Å². The van der Waals surface area contributed by atoms with E-state index in [1.54, 1.807) is 20.8 Å². The highest BCUT2D eigenvalue weighted by atomic mass is 16.6. The summed E-state index contributed by atoms with van der Waals surface area (Å²) in [5, 5.41) is 0.